The Morgan fingerprint density at radius 1 is 1.23 bits per heavy atom. The first-order valence-electron chi connectivity index (χ1n) is 5.56. The van der Waals surface area contributed by atoms with E-state index in [1.54, 1.807) is 0 Å². The average molecular weight is 181 g/mol. The van der Waals surface area contributed by atoms with Gasteiger partial charge in [0.25, 0.3) is 0 Å². The van der Waals surface area contributed by atoms with E-state index in [1.807, 2.05) is 0 Å². The first-order chi connectivity index (χ1) is 6.25. The lowest BCUT2D eigenvalue weighted by Crippen LogP contribution is -2.49. The molecule has 13 heavy (non-hydrogen) atoms. The Balaban J connectivity index is 1.43. The SMILES string of the molecule is CC1(CNC2CC3CC3C2)COC1. The van der Waals surface area contributed by atoms with Gasteiger partial charge in [0.05, 0.1) is 13.2 Å². The zero-order valence-electron chi connectivity index (χ0n) is 8.38. The van der Waals surface area contributed by atoms with E-state index in [2.05, 4.69) is 12.2 Å². The summed E-state index contributed by atoms with van der Waals surface area (Å²) in [6, 6.07) is 0.834. The summed E-state index contributed by atoms with van der Waals surface area (Å²) in [5, 5.41) is 3.70. The van der Waals surface area contributed by atoms with Crippen LogP contribution in [0.25, 0.3) is 0 Å². The predicted octanol–water partition coefficient (Wildman–Crippen LogP) is 1.41. The van der Waals surface area contributed by atoms with Crippen LogP contribution in [0.15, 0.2) is 0 Å². The Bertz CT molecular complexity index is 202. The molecule has 0 radical (unpaired) electrons. The van der Waals surface area contributed by atoms with Crippen LogP contribution in [0.1, 0.15) is 26.2 Å². The molecule has 2 atom stereocenters. The topological polar surface area (TPSA) is 21.3 Å². The molecule has 0 amide bonds. The summed E-state index contributed by atoms with van der Waals surface area (Å²) in [5.41, 5.74) is 0.451. The fourth-order valence-corrected chi connectivity index (χ4v) is 2.82. The van der Waals surface area contributed by atoms with Crippen molar-refractivity contribution in [2.24, 2.45) is 17.3 Å². The first-order valence-corrected chi connectivity index (χ1v) is 5.56. The number of hydrogen-bond donors (Lipinski definition) is 1. The van der Waals surface area contributed by atoms with Crippen LogP contribution in [0.4, 0.5) is 0 Å². The molecule has 0 aromatic heterocycles. The molecule has 2 saturated carbocycles. The Morgan fingerprint density at radius 3 is 2.46 bits per heavy atom. The summed E-state index contributed by atoms with van der Waals surface area (Å²) in [5.74, 6) is 2.20. The van der Waals surface area contributed by atoms with E-state index in [0.29, 0.717) is 5.41 Å². The molecule has 0 aromatic carbocycles. The molecule has 2 aliphatic carbocycles. The van der Waals surface area contributed by atoms with E-state index >= 15 is 0 Å². The van der Waals surface area contributed by atoms with Gasteiger partial charge >= 0.3 is 0 Å². The zero-order valence-corrected chi connectivity index (χ0v) is 8.38. The molecule has 1 heterocycles. The molecule has 1 N–H and O–H groups in total. The zero-order chi connectivity index (χ0) is 8.89. The maximum atomic E-state index is 5.24. The van der Waals surface area contributed by atoms with Crippen molar-refractivity contribution < 1.29 is 4.74 Å². The Morgan fingerprint density at radius 2 is 1.92 bits per heavy atom. The molecular weight excluding hydrogens is 162 g/mol. The third-order valence-electron chi connectivity index (χ3n) is 3.96. The van der Waals surface area contributed by atoms with Crippen molar-refractivity contribution in [2.45, 2.75) is 32.2 Å². The second-order valence-electron chi connectivity index (χ2n) is 5.61. The summed E-state index contributed by atoms with van der Waals surface area (Å²) >= 11 is 0. The van der Waals surface area contributed by atoms with Gasteiger partial charge < -0.3 is 10.1 Å². The van der Waals surface area contributed by atoms with E-state index in [-0.39, 0.29) is 0 Å². The third kappa shape index (κ3) is 1.50. The van der Waals surface area contributed by atoms with Gasteiger partial charge in [-0.05, 0) is 31.1 Å². The molecule has 3 rings (SSSR count). The lowest BCUT2D eigenvalue weighted by Gasteiger charge is -2.39. The summed E-state index contributed by atoms with van der Waals surface area (Å²) in [4.78, 5) is 0. The highest BCUT2D eigenvalue weighted by molar-refractivity contribution is 4.99. The van der Waals surface area contributed by atoms with Crippen LogP contribution in [0.3, 0.4) is 0 Å². The molecule has 1 saturated heterocycles. The number of nitrogens with one attached hydrogen (secondary N) is 1. The van der Waals surface area contributed by atoms with Gasteiger partial charge in [0.15, 0.2) is 0 Å². The number of fused-ring (bicyclic) bond motifs is 1. The third-order valence-corrected chi connectivity index (χ3v) is 3.96. The highest BCUT2D eigenvalue weighted by Crippen LogP contribution is 2.51. The summed E-state index contributed by atoms with van der Waals surface area (Å²) in [6.45, 7) is 5.40. The molecule has 3 fully saturated rings. The maximum absolute atomic E-state index is 5.24. The predicted molar refractivity (Wildman–Crippen MR) is 51.5 cm³/mol. The van der Waals surface area contributed by atoms with E-state index in [9.17, 15) is 0 Å². The molecule has 2 nitrogen and oxygen atoms in total. The van der Waals surface area contributed by atoms with Crippen LogP contribution in [0.2, 0.25) is 0 Å². The Hall–Kier alpha value is -0.0800. The summed E-state index contributed by atoms with van der Waals surface area (Å²) < 4.78 is 5.24. The van der Waals surface area contributed by atoms with E-state index in [1.165, 1.54) is 19.3 Å². The highest BCUT2D eigenvalue weighted by atomic mass is 16.5. The van der Waals surface area contributed by atoms with Crippen LogP contribution in [0.5, 0.6) is 0 Å². The van der Waals surface area contributed by atoms with Crippen molar-refractivity contribution in [1.82, 2.24) is 5.32 Å². The van der Waals surface area contributed by atoms with Crippen molar-refractivity contribution in [1.29, 1.82) is 0 Å². The van der Waals surface area contributed by atoms with E-state index < -0.39 is 0 Å². The van der Waals surface area contributed by atoms with E-state index in [0.717, 1.165) is 37.6 Å². The number of rotatable bonds is 3. The normalized spacial score (nSPS) is 45.5. The van der Waals surface area contributed by atoms with Crippen LogP contribution in [-0.4, -0.2) is 25.8 Å². The minimum Gasteiger partial charge on any atom is -0.380 e. The fraction of sp³-hybridized carbons (Fsp3) is 1.00. The molecule has 74 valence electrons. The number of ether oxygens (including phenoxy) is 1. The second kappa shape index (κ2) is 2.71. The van der Waals surface area contributed by atoms with Gasteiger partial charge in [0.2, 0.25) is 0 Å². The van der Waals surface area contributed by atoms with Gasteiger partial charge in [-0.3, -0.25) is 0 Å². The molecule has 2 heteroatoms. The van der Waals surface area contributed by atoms with Crippen molar-refractivity contribution >= 4 is 0 Å². The van der Waals surface area contributed by atoms with Crippen LogP contribution >= 0.6 is 0 Å². The quantitative estimate of drug-likeness (QED) is 0.711. The molecule has 3 aliphatic rings. The molecule has 0 aromatic rings. The van der Waals surface area contributed by atoms with Gasteiger partial charge in [-0.1, -0.05) is 6.92 Å². The smallest absolute Gasteiger partial charge is 0.0554 e. The molecule has 1 aliphatic heterocycles. The number of hydrogen-bond acceptors (Lipinski definition) is 2. The van der Waals surface area contributed by atoms with Gasteiger partial charge in [0.1, 0.15) is 0 Å². The van der Waals surface area contributed by atoms with Gasteiger partial charge in [-0.25, -0.2) is 0 Å². The largest absolute Gasteiger partial charge is 0.380 e. The van der Waals surface area contributed by atoms with Crippen molar-refractivity contribution in [3.8, 4) is 0 Å². The fourth-order valence-electron chi connectivity index (χ4n) is 2.82. The van der Waals surface area contributed by atoms with Gasteiger partial charge in [-0.2, -0.15) is 0 Å². The Kier molecular flexibility index (Phi) is 1.72. The van der Waals surface area contributed by atoms with Crippen LogP contribution < -0.4 is 5.32 Å². The first kappa shape index (κ1) is 8.25. The molecule has 2 unspecified atom stereocenters. The highest BCUT2D eigenvalue weighted by Gasteiger charge is 2.46. The standard InChI is InChI=1S/C11H19NO/c1-11(6-13-7-11)5-12-10-3-8-2-9(8)4-10/h8-10,12H,2-7H2,1H3. The average Bonchev–Trinajstić information content (AvgIpc) is 2.68. The minimum atomic E-state index is 0.451. The minimum absolute atomic E-state index is 0.451. The van der Waals surface area contributed by atoms with Crippen molar-refractivity contribution in [3.63, 3.8) is 0 Å². The lowest BCUT2D eigenvalue weighted by atomic mass is 9.88. The second-order valence-corrected chi connectivity index (χ2v) is 5.61. The summed E-state index contributed by atoms with van der Waals surface area (Å²) in [7, 11) is 0. The lowest BCUT2D eigenvalue weighted by molar-refractivity contribution is -0.100. The maximum Gasteiger partial charge on any atom is 0.0554 e. The van der Waals surface area contributed by atoms with Crippen molar-refractivity contribution in [3.05, 3.63) is 0 Å². The Labute approximate surface area is 80.0 Å². The van der Waals surface area contributed by atoms with Crippen LogP contribution in [0, 0.1) is 17.3 Å². The molecular formula is C11H19NO. The van der Waals surface area contributed by atoms with Gasteiger partial charge in [0, 0.05) is 18.0 Å². The van der Waals surface area contributed by atoms with Crippen molar-refractivity contribution in [2.75, 3.05) is 19.8 Å². The van der Waals surface area contributed by atoms with E-state index in [4.69, 9.17) is 4.74 Å². The molecule has 0 spiro atoms. The van der Waals surface area contributed by atoms with Crippen LogP contribution in [-0.2, 0) is 4.74 Å². The van der Waals surface area contributed by atoms with Gasteiger partial charge in [-0.15, -0.1) is 0 Å². The monoisotopic (exact) mass is 181 g/mol. The summed E-state index contributed by atoms with van der Waals surface area (Å²) in [6.07, 6.45) is 4.42. The molecule has 0 bridgehead atoms.